The van der Waals surface area contributed by atoms with Crippen LogP contribution in [-0.4, -0.2) is 18.5 Å². The molecule has 0 fully saturated rings. The Balaban J connectivity index is 1.92. The molecule has 25 heavy (non-hydrogen) atoms. The Labute approximate surface area is 153 Å². The molecule has 2 aromatic rings. The number of aliphatic carboxylic acids is 1. The normalized spacial score (nSPS) is 10.8. The molecular weight excluding hydrogens is 388 g/mol. The van der Waals surface area contributed by atoms with Crippen molar-refractivity contribution in [3.8, 4) is 5.75 Å². The van der Waals surface area contributed by atoms with Gasteiger partial charge in [-0.05, 0) is 23.8 Å². The van der Waals surface area contributed by atoms with E-state index in [9.17, 15) is 14.7 Å². The molecule has 0 aromatic heterocycles. The van der Waals surface area contributed by atoms with Gasteiger partial charge in [0.25, 0.3) is 5.91 Å². The van der Waals surface area contributed by atoms with E-state index in [2.05, 4.69) is 26.8 Å². The Morgan fingerprint density at radius 1 is 1.08 bits per heavy atom. The number of halogens is 1. The molecule has 0 aliphatic rings. The molecule has 0 unspecified atom stereocenters. The maximum absolute atomic E-state index is 11.9. The molecule has 0 aliphatic carbocycles. The minimum Gasteiger partial charge on any atom is -0.550 e. The van der Waals surface area contributed by atoms with Crippen LogP contribution in [0, 0.1) is 0 Å². The highest BCUT2D eigenvalue weighted by Gasteiger charge is 2.05. The molecule has 1 amide bonds. The van der Waals surface area contributed by atoms with Gasteiger partial charge in [0.1, 0.15) is 5.75 Å². The van der Waals surface area contributed by atoms with Gasteiger partial charge in [-0.1, -0.05) is 58.4 Å². The van der Waals surface area contributed by atoms with E-state index in [1.165, 1.54) is 6.08 Å². The van der Waals surface area contributed by atoms with Crippen molar-refractivity contribution < 1.29 is 19.4 Å². The average molecular weight is 404 g/mol. The molecule has 0 aliphatic heterocycles. The Hall–Kier alpha value is -2.80. The molecule has 0 radical (unpaired) electrons. The van der Waals surface area contributed by atoms with Crippen LogP contribution in [0.2, 0.25) is 0 Å². The van der Waals surface area contributed by atoms with Crippen LogP contribution < -0.4 is 20.7 Å². The third kappa shape index (κ3) is 6.68. The van der Waals surface area contributed by atoms with Crippen molar-refractivity contribution in [2.75, 3.05) is 6.61 Å². The topological polar surface area (TPSA) is 90.5 Å². The number of benzene rings is 2. The molecule has 0 spiro atoms. The van der Waals surface area contributed by atoms with Gasteiger partial charge in [0.2, 0.25) is 0 Å². The van der Waals surface area contributed by atoms with Crippen molar-refractivity contribution in [3.63, 3.8) is 0 Å². The molecule has 2 rings (SSSR count). The molecule has 2 aromatic carbocycles. The third-order valence-corrected chi connectivity index (χ3v) is 3.55. The molecule has 0 saturated heterocycles. The maximum atomic E-state index is 11.9. The lowest BCUT2D eigenvalue weighted by molar-refractivity contribution is -0.304. The fourth-order valence-corrected chi connectivity index (χ4v) is 2.30. The average Bonchev–Trinajstić information content (AvgIpc) is 2.60. The standard InChI is InChI=1S/C18H17BrN2O4/c19-14-7-4-8-15(11-14)25-12-17(22)21-20-16(9-10-18(23)24)13-5-2-1-3-6-13/h1-9,11,20H,10,12H2,(H,21,22)(H,23,24)/p-1. The van der Waals surface area contributed by atoms with Crippen LogP contribution in [-0.2, 0) is 9.59 Å². The quantitative estimate of drug-likeness (QED) is 0.653. The Morgan fingerprint density at radius 2 is 1.84 bits per heavy atom. The van der Waals surface area contributed by atoms with Crippen LogP contribution in [0.25, 0.3) is 5.70 Å². The number of carboxylic acids is 1. The van der Waals surface area contributed by atoms with Gasteiger partial charge in [-0.3, -0.25) is 15.6 Å². The molecule has 0 bridgehead atoms. The molecule has 2 N–H and O–H groups in total. The Bertz CT molecular complexity index is 763. The first kappa shape index (κ1) is 18.5. The number of nitrogens with one attached hydrogen (secondary N) is 2. The monoisotopic (exact) mass is 403 g/mol. The summed E-state index contributed by atoms with van der Waals surface area (Å²) in [6.07, 6.45) is 1.15. The van der Waals surface area contributed by atoms with Crippen molar-refractivity contribution >= 4 is 33.5 Å². The van der Waals surface area contributed by atoms with Crippen LogP contribution in [0.4, 0.5) is 0 Å². The van der Waals surface area contributed by atoms with E-state index < -0.39 is 11.9 Å². The van der Waals surface area contributed by atoms with Crippen molar-refractivity contribution in [3.05, 3.63) is 70.7 Å². The number of amides is 1. The lowest BCUT2D eigenvalue weighted by atomic mass is 10.1. The summed E-state index contributed by atoms with van der Waals surface area (Å²) in [6, 6.07) is 16.2. The highest BCUT2D eigenvalue weighted by molar-refractivity contribution is 9.10. The van der Waals surface area contributed by atoms with E-state index in [0.29, 0.717) is 11.4 Å². The molecular formula is C18H16BrN2O4-. The molecule has 0 atom stereocenters. The van der Waals surface area contributed by atoms with Gasteiger partial charge in [0.15, 0.2) is 6.61 Å². The first-order chi connectivity index (χ1) is 12.0. The first-order valence-corrected chi connectivity index (χ1v) is 8.22. The van der Waals surface area contributed by atoms with Gasteiger partial charge in [-0.2, -0.15) is 0 Å². The zero-order valence-electron chi connectivity index (χ0n) is 13.2. The largest absolute Gasteiger partial charge is 0.550 e. The second kappa shape index (κ2) is 9.48. The van der Waals surface area contributed by atoms with Gasteiger partial charge in [-0.15, -0.1) is 0 Å². The molecule has 130 valence electrons. The zero-order chi connectivity index (χ0) is 18.1. The number of ether oxygens (including phenoxy) is 1. The number of carbonyl (C=O) groups is 2. The summed E-state index contributed by atoms with van der Waals surface area (Å²) >= 11 is 3.32. The van der Waals surface area contributed by atoms with E-state index in [4.69, 9.17) is 4.74 Å². The SMILES string of the molecule is O=C([O-])CC=C(NNC(=O)COc1cccc(Br)c1)c1ccccc1. The summed E-state index contributed by atoms with van der Waals surface area (Å²) in [5, 5.41) is 10.7. The summed E-state index contributed by atoms with van der Waals surface area (Å²) in [6.45, 7) is -0.188. The fraction of sp³-hybridized carbons (Fsp3) is 0.111. The minimum absolute atomic E-state index is 0.188. The van der Waals surface area contributed by atoms with E-state index in [-0.39, 0.29) is 13.0 Å². The second-order valence-electron chi connectivity index (χ2n) is 4.98. The first-order valence-electron chi connectivity index (χ1n) is 7.43. The molecule has 6 nitrogen and oxygen atoms in total. The van der Waals surface area contributed by atoms with Crippen LogP contribution in [0.5, 0.6) is 5.75 Å². The fourth-order valence-electron chi connectivity index (χ4n) is 1.92. The smallest absolute Gasteiger partial charge is 0.276 e. The summed E-state index contributed by atoms with van der Waals surface area (Å²) in [5.41, 5.74) is 6.39. The lowest BCUT2D eigenvalue weighted by Crippen LogP contribution is -2.39. The van der Waals surface area contributed by atoms with Gasteiger partial charge in [0, 0.05) is 16.9 Å². The Morgan fingerprint density at radius 3 is 2.52 bits per heavy atom. The van der Waals surface area contributed by atoms with Gasteiger partial charge in [0.05, 0.1) is 5.70 Å². The summed E-state index contributed by atoms with van der Waals surface area (Å²) in [7, 11) is 0. The van der Waals surface area contributed by atoms with E-state index >= 15 is 0 Å². The number of hydrogen-bond acceptors (Lipinski definition) is 5. The number of rotatable bonds is 8. The van der Waals surface area contributed by atoms with Gasteiger partial charge >= 0.3 is 0 Å². The minimum atomic E-state index is -1.21. The number of carbonyl (C=O) groups excluding carboxylic acids is 2. The zero-order valence-corrected chi connectivity index (χ0v) is 14.8. The number of hydrazine groups is 1. The van der Waals surface area contributed by atoms with Crippen molar-refractivity contribution in [2.45, 2.75) is 6.42 Å². The maximum Gasteiger partial charge on any atom is 0.276 e. The number of hydrogen-bond donors (Lipinski definition) is 2. The molecule has 0 saturated carbocycles. The van der Waals surface area contributed by atoms with Crippen molar-refractivity contribution in [2.24, 2.45) is 0 Å². The van der Waals surface area contributed by atoms with E-state index in [1.807, 2.05) is 24.3 Å². The second-order valence-corrected chi connectivity index (χ2v) is 5.89. The molecule has 7 heteroatoms. The van der Waals surface area contributed by atoms with Crippen LogP contribution in [0.1, 0.15) is 12.0 Å². The summed E-state index contributed by atoms with van der Waals surface area (Å²) in [5.74, 6) is -1.06. The van der Waals surface area contributed by atoms with Crippen LogP contribution in [0.15, 0.2) is 65.1 Å². The van der Waals surface area contributed by atoms with Gasteiger partial charge in [-0.25, -0.2) is 0 Å². The highest BCUT2D eigenvalue weighted by Crippen LogP contribution is 2.17. The van der Waals surface area contributed by atoms with Crippen molar-refractivity contribution in [1.29, 1.82) is 0 Å². The Kier molecular flexibility index (Phi) is 7.03. The lowest BCUT2D eigenvalue weighted by Gasteiger charge is -2.13. The summed E-state index contributed by atoms with van der Waals surface area (Å²) in [4.78, 5) is 22.6. The highest BCUT2D eigenvalue weighted by atomic mass is 79.9. The van der Waals surface area contributed by atoms with E-state index in [0.717, 1.165) is 10.0 Å². The van der Waals surface area contributed by atoms with Crippen molar-refractivity contribution in [1.82, 2.24) is 10.9 Å². The predicted molar refractivity (Wildman–Crippen MR) is 95.0 cm³/mol. The predicted octanol–water partition coefficient (Wildman–Crippen LogP) is 1.63. The van der Waals surface area contributed by atoms with Gasteiger partial charge < -0.3 is 14.6 Å². The van der Waals surface area contributed by atoms with Crippen LogP contribution in [0.3, 0.4) is 0 Å². The number of carboxylic acid groups (broad SMARTS) is 1. The van der Waals surface area contributed by atoms with Crippen LogP contribution >= 0.6 is 15.9 Å². The molecule has 0 heterocycles. The third-order valence-electron chi connectivity index (χ3n) is 3.06. The summed E-state index contributed by atoms with van der Waals surface area (Å²) < 4.78 is 6.23. The van der Waals surface area contributed by atoms with E-state index in [1.54, 1.807) is 30.3 Å².